The van der Waals surface area contributed by atoms with E-state index in [1.54, 1.807) is 55.5 Å². The SMILES string of the molecule is CC(COc1ccc(C(Oc2ccc(Oc3ccccc3)cc2)C(=O)O)cc1)Oc1ccc(C(F)(F)F)cc1. The predicted octanol–water partition coefficient (Wildman–Crippen LogP) is 7.55. The van der Waals surface area contributed by atoms with E-state index in [2.05, 4.69) is 0 Å². The van der Waals surface area contributed by atoms with Crippen LogP contribution in [0.2, 0.25) is 0 Å². The zero-order chi connectivity index (χ0) is 27.8. The summed E-state index contributed by atoms with van der Waals surface area (Å²) in [6, 6.07) is 26.7. The molecule has 0 amide bonds. The molecule has 4 aromatic carbocycles. The highest BCUT2D eigenvalue weighted by molar-refractivity contribution is 5.75. The van der Waals surface area contributed by atoms with E-state index in [1.807, 2.05) is 30.3 Å². The number of hydrogen-bond acceptors (Lipinski definition) is 5. The highest BCUT2D eigenvalue weighted by Crippen LogP contribution is 2.31. The van der Waals surface area contributed by atoms with E-state index >= 15 is 0 Å². The van der Waals surface area contributed by atoms with Crippen LogP contribution in [0.3, 0.4) is 0 Å². The van der Waals surface area contributed by atoms with Gasteiger partial charge in [0.2, 0.25) is 6.10 Å². The highest BCUT2D eigenvalue weighted by atomic mass is 19.4. The van der Waals surface area contributed by atoms with Crippen molar-refractivity contribution in [3.05, 3.63) is 114 Å². The van der Waals surface area contributed by atoms with Gasteiger partial charge in [0, 0.05) is 5.56 Å². The molecule has 39 heavy (non-hydrogen) atoms. The van der Waals surface area contributed by atoms with Gasteiger partial charge >= 0.3 is 12.1 Å². The lowest BCUT2D eigenvalue weighted by atomic mass is 10.1. The van der Waals surface area contributed by atoms with E-state index in [9.17, 15) is 23.1 Å². The van der Waals surface area contributed by atoms with Gasteiger partial charge in [0.15, 0.2) is 0 Å². The number of halogens is 3. The molecule has 0 bridgehead atoms. The van der Waals surface area contributed by atoms with Crippen molar-refractivity contribution in [2.24, 2.45) is 0 Å². The van der Waals surface area contributed by atoms with Crippen LogP contribution in [-0.4, -0.2) is 23.8 Å². The maximum atomic E-state index is 12.7. The van der Waals surface area contributed by atoms with Gasteiger partial charge in [-0.05, 0) is 79.7 Å². The largest absolute Gasteiger partial charge is 0.490 e. The molecule has 0 aliphatic rings. The molecule has 2 unspecified atom stereocenters. The van der Waals surface area contributed by atoms with E-state index in [1.165, 1.54) is 12.1 Å². The van der Waals surface area contributed by atoms with Gasteiger partial charge in [-0.3, -0.25) is 0 Å². The summed E-state index contributed by atoms with van der Waals surface area (Å²) < 4.78 is 60.8. The smallest absolute Gasteiger partial charge is 0.416 e. The lowest BCUT2D eigenvalue weighted by Crippen LogP contribution is -2.21. The van der Waals surface area contributed by atoms with E-state index in [4.69, 9.17) is 18.9 Å². The van der Waals surface area contributed by atoms with Crippen LogP contribution in [0.25, 0.3) is 0 Å². The van der Waals surface area contributed by atoms with E-state index in [0.29, 0.717) is 28.6 Å². The first kappa shape index (κ1) is 27.4. The fourth-order valence-corrected chi connectivity index (χ4v) is 3.55. The molecular weight excluding hydrogens is 513 g/mol. The molecule has 0 saturated heterocycles. The molecule has 0 radical (unpaired) electrons. The van der Waals surface area contributed by atoms with Gasteiger partial charge in [0.05, 0.1) is 5.56 Å². The van der Waals surface area contributed by atoms with Crippen LogP contribution in [0.5, 0.6) is 28.7 Å². The van der Waals surface area contributed by atoms with Gasteiger partial charge in [0.25, 0.3) is 0 Å². The first-order valence-electron chi connectivity index (χ1n) is 12.0. The molecule has 9 heteroatoms. The average Bonchev–Trinajstić information content (AvgIpc) is 2.92. The molecule has 0 fully saturated rings. The quantitative estimate of drug-likeness (QED) is 0.213. The van der Waals surface area contributed by atoms with Crippen molar-refractivity contribution in [2.75, 3.05) is 6.61 Å². The van der Waals surface area contributed by atoms with Crippen molar-refractivity contribution in [2.45, 2.75) is 25.3 Å². The Morgan fingerprint density at radius 1 is 0.718 bits per heavy atom. The molecular formula is C30H25F3O6. The predicted molar refractivity (Wildman–Crippen MR) is 137 cm³/mol. The number of ether oxygens (including phenoxy) is 4. The number of carboxylic acids is 1. The molecule has 0 saturated carbocycles. The van der Waals surface area contributed by atoms with Gasteiger partial charge in [-0.25, -0.2) is 4.79 Å². The Labute approximate surface area is 223 Å². The molecule has 2 atom stereocenters. The maximum Gasteiger partial charge on any atom is 0.416 e. The zero-order valence-corrected chi connectivity index (χ0v) is 20.8. The molecule has 0 aromatic heterocycles. The number of carboxylic acid groups (broad SMARTS) is 1. The Hall–Kier alpha value is -4.66. The second-order valence-electron chi connectivity index (χ2n) is 8.55. The third-order valence-corrected chi connectivity index (χ3v) is 5.47. The number of rotatable bonds is 11. The number of benzene rings is 4. The molecule has 0 aliphatic heterocycles. The lowest BCUT2D eigenvalue weighted by Gasteiger charge is -2.18. The minimum absolute atomic E-state index is 0.122. The summed E-state index contributed by atoms with van der Waals surface area (Å²) in [4.78, 5) is 11.9. The Bertz CT molecular complexity index is 1340. The first-order valence-corrected chi connectivity index (χ1v) is 12.0. The molecule has 4 rings (SSSR count). The van der Waals surface area contributed by atoms with Crippen LogP contribution in [0.1, 0.15) is 24.2 Å². The van der Waals surface area contributed by atoms with Crippen LogP contribution < -0.4 is 18.9 Å². The normalized spacial score (nSPS) is 12.7. The van der Waals surface area contributed by atoms with E-state index < -0.39 is 29.9 Å². The zero-order valence-electron chi connectivity index (χ0n) is 20.8. The Kier molecular flexibility index (Phi) is 8.60. The molecule has 202 valence electrons. The molecule has 0 heterocycles. The monoisotopic (exact) mass is 538 g/mol. The van der Waals surface area contributed by atoms with Gasteiger partial charge in [-0.1, -0.05) is 30.3 Å². The number of hydrogen-bond donors (Lipinski definition) is 1. The third-order valence-electron chi connectivity index (χ3n) is 5.47. The van der Waals surface area contributed by atoms with Crippen molar-refractivity contribution in [3.63, 3.8) is 0 Å². The number of aliphatic carboxylic acids is 1. The average molecular weight is 539 g/mol. The summed E-state index contributed by atoms with van der Waals surface area (Å²) >= 11 is 0. The van der Waals surface area contributed by atoms with E-state index in [-0.39, 0.29) is 12.4 Å². The fraction of sp³-hybridized carbons (Fsp3) is 0.167. The summed E-state index contributed by atoms with van der Waals surface area (Å²) in [5.74, 6) is 1.21. The van der Waals surface area contributed by atoms with Crippen LogP contribution in [-0.2, 0) is 11.0 Å². The number of carbonyl (C=O) groups is 1. The summed E-state index contributed by atoms with van der Waals surface area (Å²) in [7, 11) is 0. The molecule has 6 nitrogen and oxygen atoms in total. The molecule has 0 spiro atoms. The van der Waals surface area contributed by atoms with Crippen LogP contribution >= 0.6 is 0 Å². The lowest BCUT2D eigenvalue weighted by molar-refractivity contribution is -0.145. The van der Waals surface area contributed by atoms with Crippen molar-refractivity contribution in [1.82, 2.24) is 0 Å². The second kappa shape index (κ2) is 12.3. The summed E-state index contributed by atoms with van der Waals surface area (Å²) in [6.07, 6.45) is -6.11. The minimum Gasteiger partial charge on any atom is -0.490 e. The van der Waals surface area contributed by atoms with Gasteiger partial charge < -0.3 is 24.1 Å². The number of alkyl halides is 3. The number of para-hydroxylation sites is 1. The van der Waals surface area contributed by atoms with Crippen molar-refractivity contribution in [1.29, 1.82) is 0 Å². The summed E-state index contributed by atoms with van der Waals surface area (Å²) in [6.45, 7) is 1.84. The highest BCUT2D eigenvalue weighted by Gasteiger charge is 2.30. The Morgan fingerprint density at radius 3 is 1.82 bits per heavy atom. The summed E-state index contributed by atoms with van der Waals surface area (Å²) in [5, 5.41) is 9.72. The van der Waals surface area contributed by atoms with Gasteiger partial charge in [-0.2, -0.15) is 13.2 Å². The van der Waals surface area contributed by atoms with Crippen LogP contribution in [0.15, 0.2) is 103 Å². The fourth-order valence-electron chi connectivity index (χ4n) is 3.55. The standard InChI is InChI=1S/C30H25F3O6/c1-20(37-25-13-9-22(10-14-25)30(31,32)33)19-36-23-11-7-21(8-12-23)28(29(34)35)39-27-17-15-26(16-18-27)38-24-5-3-2-4-6-24/h2-18,20,28H,19H2,1H3,(H,34,35). The van der Waals surface area contributed by atoms with Gasteiger partial charge in [-0.15, -0.1) is 0 Å². The van der Waals surface area contributed by atoms with Crippen LogP contribution in [0.4, 0.5) is 13.2 Å². The van der Waals surface area contributed by atoms with E-state index in [0.717, 1.165) is 12.1 Å². The Balaban J connectivity index is 1.31. The minimum atomic E-state index is -4.41. The van der Waals surface area contributed by atoms with Gasteiger partial charge in [0.1, 0.15) is 41.5 Å². The van der Waals surface area contributed by atoms with Crippen LogP contribution in [0, 0.1) is 0 Å². The first-order chi connectivity index (χ1) is 18.7. The molecule has 1 N–H and O–H groups in total. The summed E-state index contributed by atoms with van der Waals surface area (Å²) in [5.41, 5.74) is -0.343. The molecule has 4 aromatic rings. The molecule has 0 aliphatic carbocycles. The third kappa shape index (κ3) is 7.91. The topological polar surface area (TPSA) is 74.2 Å². The Morgan fingerprint density at radius 2 is 1.23 bits per heavy atom. The van der Waals surface area contributed by atoms with Crippen molar-refractivity contribution in [3.8, 4) is 28.7 Å². The maximum absolute atomic E-state index is 12.7. The second-order valence-corrected chi connectivity index (χ2v) is 8.55. The van der Waals surface area contributed by atoms with Crippen molar-refractivity contribution < 1.29 is 42.0 Å². The van der Waals surface area contributed by atoms with Crippen molar-refractivity contribution >= 4 is 5.97 Å².